The van der Waals surface area contributed by atoms with Crippen molar-refractivity contribution in [3.05, 3.63) is 53.0 Å². The minimum Gasteiger partial charge on any atom is -0.333 e. The van der Waals surface area contributed by atoms with Crippen LogP contribution in [0.3, 0.4) is 0 Å². The molecule has 1 aromatic carbocycles. The number of aryl methyl sites for hydroxylation is 1. The molecule has 2 rings (SSSR count). The first-order valence-corrected chi connectivity index (χ1v) is 5.13. The fraction of sp³-hybridized carbons (Fsp3) is 0.0833. The van der Waals surface area contributed by atoms with Gasteiger partial charge in [0, 0.05) is 6.07 Å². The first-order valence-electron chi connectivity index (χ1n) is 5.13. The van der Waals surface area contributed by atoms with Gasteiger partial charge in [-0.2, -0.15) is 9.37 Å². The maximum absolute atomic E-state index is 13.6. The maximum Gasteiger partial charge on any atom is 0.251 e. The van der Waals surface area contributed by atoms with Gasteiger partial charge in [-0.25, -0.2) is 17.6 Å². The first kappa shape index (κ1) is 13.3. The number of hydrogen-bond acceptors (Lipinski definition) is 2. The summed E-state index contributed by atoms with van der Waals surface area (Å²) in [7, 11) is 0. The van der Waals surface area contributed by atoms with Gasteiger partial charge >= 0.3 is 0 Å². The third-order valence-corrected chi connectivity index (χ3v) is 2.41. The Labute approximate surface area is 104 Å². The Morgan fingerprint density at radius 3 is 2.32 bits per heavy atom. The summed E-state index contributed by atoms with van der Waals surface area (Å²) in [4.78, 5) is 2.92. The molecule has 7 heteroatoms. The van der Waals surface area contributed by atoms with Crippen molar-refractivity contribution in [2.24, 2.45) is 0 Å². The van der Waals surface area contributed by atoms with E-state index in [-0.39, 0.29) is 11.6 Å². The average Bonchev–Trinajstić information content (AvgIpc) is 2.36. The molecule has 0 saturated carbocycles. The third-order valence-electron chi connectivity index (χ3n) is 2.41. The Hall–Kier alpha value is -2.18. The summed E-state index contributed by atoms with van der Waals surface area (Å²) in [5.41, 5.74) is -0.579. The van der Waals surface area contributed by atoms with Crippen LogP contribution in [-0.2, 0) is 0 Å². The predicted molar refractivity (Wildman–Crippen MR) is 58.5 cm³/mol. The molecule has 2 aromatic rings. The van der Waals surface area contributed by atoms with Crippen molar-refractivity contribution >= 4 is 11.5 Å². The SMILES string of the molecule is Cc1ccc(F)c(Nc2nc(F)c(F)cc2F)c1F. The van der Waals surface area contributed by atoms with Gasteiger partial charge < -0.3 is 5.32 Å². The average molecular weight is 274 g/mol. The molecule has 1 aromatic heterocycles. The standard InChI is InChI=1S/C12H7F5N2/c1-5-2-3-6(13)10(9(5)16)18-12-8(15)4-7(14)11(17)19-12/h2-4H,1H3,(H,18,19). The summed E-state index contributed by atoms with van der Waals surface area (Å²) < 4.78 is 65.9. The molecule has 0 unspecified atom stereocenters. The van der Waals surface area contributed by atoms with Gasteiger partial charge in [0.1, 0.15) is 11.5 Å². The highest BCUT2D eigenvalue weighted by molar-refractivity contribution is 5.59. The lowest BCUT2D eigenvalue weighted by Gasteiger charge is -2.10. The predicted octanol–water partition coefficient (Wildman–Crippen LogP) is 3.83. The summed E-state index contributed by atoms with van der Waals surface area (Å²) in [6.07, 6.45) is 0. The van der Waals surface area contributed by atoms with Crippen LogP contribution < -0.4 is 5.32 Å². The molecule has 0 amide bonds. The zero-order chi connectivity index (χ0) is 14.2. The molecule has 2 nitrogen and oxygen atoms in total. The van der Waals surface area contributed by atoms with Crippen LogP contribution in [0.1, 0.15) is 5.56 Å². The lowest BCUT2D eigenvalue weighted by molar-refractivity contribution is 0.466. The van der Waals surface area contributed by atoms with Crippen molar-refractivity contribution in [1.82, 2.24) is 4.98 Å². The van der Waals surface area contributed by atoms with Gasteiger partial charge in [-0.15, -0.1) is 0 Å². The molecular weight excluding hydrogens is 267 g/mol. The van der Waals surface area contributed by atoms with Crippen LogP contribution in [0.15, 0.2) is 18.2 Å². The Morgan fingerprint density at radius 1 is 0.947 bits per heavy atom. The number of hydrogen-bond donors (Lipinski definition) is 1. The zero-order valence-corrected chi connectivity index (χ0v) is 9.57. The van der Waals surface area contributed by atoms with E-state index in [0.29, 0.717) is 0 Å². The highest BCUT2D eigenvalue weighted by Gasteiger charge is 2.16. The van der Waals surface area contributed by atoms with Gasteiger partial charge in [-0.1, -0.05) is 6.07 Å². The van der Waals surface area contributed by atoms with E-state index in [1.807, 2.05) is 5.32 Å². The third kappa shape index (κ3) is 2.49. The normalized spacial score (nSPS) is 10.6. The Morgan fingerprint density at radius 2 is 1.63 bits per heavy atom. The topological polar surface area (TPSA) is 24.9 Å². The molecule has 0 fully saturated rings. The smallest absolute Gasteiger partial charge is 0.251 e. The molecule has 0 atom stereocenters. The highest BCUT2D eigenvalue weighted by atomic mass is 19.2. The fourth-order valence-electron chi connectivity index (χ4n) is 1.42. The van der Waals surface area contributed by atoms with Gasteiger partial charge in [0.15, 0.2) is 23.3 Å². The molecule has 1 heterocycles. The molecule has 0 saturated heterocycles. The molecular formula is C12H7F5N2. The number of aromatic nitrogens is 1. The Kier molecular flexibility index (Phi) is 3.37. The number of nitrogens with zero attached hydrogens (tertiary/aromatic N) is 1. The number of nitrogens with one attached hydrogen (secondary N) is 1. The van der Waals surface area contributed by atoms with Gasteiger partial charge in [0.25, 0.3) is 5.95 Å². The zero-order valence-electron chi connectivity index (χ0n) is 9.57. The molecule has 1 N–H and O–H groups in total. The number of rotatable bonds is 2. The molecule has 0 aliphatic heterocycles. The Bertz CT molecular complexity index is 643. The van der Waals surface area contributed by atoms with E-state index in [9.17, 15) is 22.0 Å². The monoisotopic (exact) mass is 274 g/mol. The number of pyridine rings is 1. The van der Waals surface area contributed by atoms with Crippen molar-refractivity contribution in [3.8, 4) is 0 Å². The highest BCUT2D eigenvalue weighted by Crippen LogP contribution is 2.26. The fourth-order valence-corrected chi connectivity index (χ4v) is 1.42. The van der Waals surface area contributed by atoms with E-state index >= 15 is 0 Å². The summed E-state index contributed by atoms with van der Waals surface area (Å²) in [5, 5.41) is 1.97. The van der Waals surface area contributed by atoms with E-state index in [0.717, 1.165) is 6.07 Å². The summed E-state index contributed by atoms with van der Waals surface area (Å²) in [5.74, 6) is -7.10. The van der Waals surface area contributed by atoms with Gasteiger partial charge in [0.05, 0.1) is 0 Å². The van der Waals surface area contributed by atoms with Crippen molar-refractivity contribution in [1.29, 1.82) is 0 Å². The first-order chi connectivity index (χ1) is 8.90. The van der Waals surface area contributed by atoms with Crippen molar-refractivity contribution in [2.45, 2.75) is 6.92 Å². The van der Waals surface area contributed by atoms with Crippen molar-refractivity contribution < 1.29 is 22.0 Å². The lowest BCUT2D eigenvalue weighted by Crippen LogP contribution is -2.05. The minimum atomic E-state index is -1.57. The van der Waals surface area contributed by atoms with Gasteiger partial charge in [-0.3, -0.25) is 0 Å². The van der Waals surface area contributed by atoms with Crippen LogP contribution in [0.25, 0.3) is 0 Å². The second kappa shape index (κ2) is 4.83. The van der Waals surface area contributed by atoms with E-state index in [1.165, 1.54) is 13.0 Å². The number of anilines is 2. The summed E-state index contributed by atoms with van der Waals surface area (Å²) in [6.45, 7) is 1.37. The molecule has 100 valence electrons. The van der Waals surface area contributed by atoms with E-state index in [1.54, 1.807) is 0 Å². The molecule has 0 aliphatic carbocycles. The maximum atomic E-state index is 13.6. The van der Waals surface area contributed by atoms with E-state index in [2.05, 4.69) is 4.98 Å². The second-order valence-electron chi connectivity index (χ2n) is 3.77. The summed E-state index contributed by atoms with van der Waals surface area (Å²) >= 11 is 0. The second-order valence-corrected chi connectivity index (χ2v) is 3.77. The van der Waals surface area contributed by atoms with E-state index in [4.69, 9.17) is 0 Å². The van der Waals surface area contributed by atoms with E-state index < -0.39 is 40.7 Å². The number of halogens is 5. The van der Waals surface area contributed by atoms with Crippen LogP contribution in [0.2, 0.25) is 0 Å². The molecule has 0 bridgehead atoms. The van der Waals surface area contributed by atoms with Gasteiger partial charge in [-0.05, 0) is 18.6 Å². The van der Waals surface area contributed by atoms with Crippen molar-refractivity contribution in [2.75, 3.05) is 5.32 Å². The van der Waals surface area contributed by atoms with Crippen molar-refractivity contribution in [3.63, 3.8) is 0 Å². The van der Waals surface area contributed by atoms with Crippen LogP contribution in [-0.4, -0.2) is 4.98 Å². The summed E-state index contributed by atoms with van der Waals surface area (Å²) in [6, 6.07) is 2.37. The number of benzene rings is 1. The largest absolute Gasteiger partial charge is 0.333 e. The van der Waals surface area contributed by atoms with Crippen LogP contribution in [0.4, 0.5) is 33.5 Å². The molecule has 19 heavy (non-hydrogen) atoms. The molecule has 0 radical (unpaired) electrons. The van der Waals surface area contributed by atoms with Gasteiger partial charge in [0.2, 0.25) is 0 Å². The lowest BCUT2D eigenvalue weighted by atomic mass is 10.2. The van der Waals surface area contributed by atoms with Crippen LogP contribution in [0.5, 0.6) is 0 Å². The molecule has 0 spiro atoms. The van der Waals surface area contributed by atoms with Crippen LogP contribution in [0, 0.1) is 36.1 Å². The van der Waals surface area contributed by atoms with Crippen LogP contribution >= 0.6 is 0 Å². The Balaban J connectivity index is 2.48. The quantitative estimate of drug-likeness (QED) is 0.665. The minimum absolute atomic E-state index is 0.104. The molecule has 0 aliphatic rings.